The molecule has 1 heterocycles. The van der Waals surface area contributed by atoms with Gasteiger partial charge >= 0.3 is 0 Å². The second-order valence-corrected chi connectivity index (χ2v) is 5.14. The van der Waals surface area contributed by atoms with E-state index < -0.39 is 0 Å². The van der Waals surface area contributed by atoms with Gasteiger partial charge in [0.2, 0.25) is 0 Å². The predicted octanol–water partition coefficient (Wildman–Crippen LogP) is 0.504. The molecule has 0 bridgehead atoms. The first-order valence-electron chi connectivity index (χ1n) is 5.84. The van der Waals surface area contributed by atoms with E-state index in [2.05, 4.69) is 23.8 Å². The normalized spacial score (nSPS) is 33.2. The van der Waals surface area contributed by atoms with Gasteiger partial charge in [0.05, 0.1) is 0 Å². The fraction of sp³-hybridized carbons (Fsp3) is 1.00. The van der Waals surface area contributed by atoms with Gasteiger partial charge in [0.25, 0.3) is 0 Å². The van der Waals surface area contributed by atoms with E-state index in [1.807, 2.05) is 0 Å². The topological polar surface area (TPSA) is 32.5 Å². The Morgan fingerprint density at radius 3 is 2.64 bits per heavy atom. The predicted molar refractivity (Wildman–Crippen MR) is 59.3 cm³/mol. The Morgan fingerprint density at radius 2 is 2.07 bits per heavy atom. The van der Waals surface area contributed by atoms with Crippen LogP contribution in [0.3, 0.4) is 0 Å². The number of rotatable bonds is 3. The van der Waals surface area contributed by atoms with Gasteiger partial charge in [-0.25, -0.2) is 0 Å². The van der Waals surface area contributed by atoms with E-state index in [0.29, 0.717) is 0 Å². The van der Waals surface area contributed by atoms with E-state index in [0.717, 1.165) is 12.6 Å². The molecule has 1 saturated carbocycles. The monoisotopic (exact) mass is 197 g/mol. The Labute approximate surface area is 87.2 Å². The average Bonchev–Trinajstić information content (AvgIpc) is 2.87. The minimum Gasteiger partial charge on any atom is -0.324 e. The summed E-state index contributed by atoms with van der Waals surface area (Å²) in [7, 11) is 2.24. The lowest BCUT2D eigenvalue weighted by Crippen LogP contribution is -2.54. The molecule has 2 N–H and O–H groups in total. The molecule has 0 amide bonds. The molecule has 0 aromatic rings. The molecule has 2 rings (SSSR count). The highest BCUT2D eigenvalue weighted by Gasteiger charge is 2.40. The minimum atomic E-state index is 0.189. The van der Waals surface area contributed by atoms with Crippen LogP contribution >= 0.6 is 0 Å². The highest BCUT2D eigenvalue weighted by Crippen LogP contribution is 2.33. The maximum Gasteiger partial charge on any atom is 0.0284 e. The zero-order valence-electron chi connectivity index (χ0n) is 9.50. The molecule has 3 heteroatoms. The molecule has 2 fully saturated rings. The van der Waals surface area contributed by atoms with Gasteiger partial charge in [-0.1, -0.05) is 6.92 Å². The lowest BCUT2D eigenvalue weighted by molar-refractivity contribution is 0.0870. The SMILES string of the molecule is CCC1CN(CC2(N)CC2)CCN1C. The van der Waals surface area contributed by atoms with Crippen molar-refractivity contribution in [3.63, 3.8) is 0 Å². The van der Waals surface area contributed by atoms with Crippen LogP contribution in [0.4, 0.5) is 0 Å². The van der Waals surface area contributed by atoms with E-state index in [1.165, 1.54) is 38.9 Å². The quantitative estimate of drug-likeness (QED) is 0.715. The molecule has 1 aliphatic heterocycles. The van der Waals surface area contributed by atoms with Gasteiger partial charge in [0, 0.05) is 37.8 Å². The number of nitrogens with two attached hydrogens (primary N) is 1. The second kappa shape index (κ2) is 3.80. The largest absolute Gasteiger partial charge is 0.324 e. The first-order valence-corrected chi connectivity index (χ1v) is 5.84. The summed E-state index contributed by atoms with van der Waals surface area (Å²) >= 11 is 0. The third-order valence-electron chi connectivity index (χ3n) is 3.76. The van der Waals surface area contributed by atoms with Crippen molar-refractivity contribution in [3.8, 4) is 0 Å². The highest BCUT2D eigenvalue weighted by atomic mass is 15.3. The van der Waals surface area contributed by atoms with E-state index in [9.17, 15) is 0 Å². The molecular formula is C11H23N3. The molecule has 14 heavy (non-hydrogen) atoms. The number of piperazine rings is 1. The van der Waals surface area contributed by atoms with Crippen LogP contribution in [0.25, 0.3) is 0 Å². The van der Waals surface area contributed by atoms with Crippen molar-refractivity contribution in [2.24, 2.45) is 5.73 Å². The van der Waals surface area contributed by atoms with Crippen LogP contribution in [0.2, 0.25) is 0 Å². The first kappa shape index (κ1) is 10.4. The summed E-state index contributed by atoms with van der Waals surface area (Å²) in [6.07, 6.45) is 3.72. The Kier molecular flexibility index (Phi) is 2.82. The fourth-order valence-electron chi connectivity index (χ4n) is 2.36. The number of hydrogen-bond acceptors (Lipinski definition) is 3. The van der Waals surface area contributed by atoms with Gasteiger partial charge in [-0.2, -0.15) is 0 Å². The molecule has 1 aliphatic carbocycles. The van der Waals surface area contributed by atoms with Crippen molar-refractivity contribution in [2.45, 2.75) is 37.8 Å². The summed E-state index contributed by atoms with van der Waals surface area (Å²) in [5, 5.41) is 0. The van der Waals surface area contributed by atoms with E-state index in [4.69, 9.17) is 5.73 Å². The van der Waals surface area contributed by atoms with Crippen LogP contribution in [0, 0.1) is 0 Å². The molecule has 1 unspecified atom stereocenters. The van der Waals surface area contributed by atoms with Crippen LogP contribution < -0.4 is 5.73 Å². The van der Waals surface area contributed by atoms with Gasteiger partial charge in [0.15, 0.2) is 0 Å². The van der Waals surface area contributed by atoms with Gasteiger partial charge in [0.1, 0.15) is 0 Å². The summed E-state index contributed by atoms with van der Waals surface area (Å²) in [5.41, 5.74) is 6.33. The van der Waals surface area contributed by atoms with Crippen molar-refractivity contribution in [1.29, 1.82) is 0 Å². The molecule has 2 aliphatic rings. The van der Waals surface area contributed by atoms with Crippen LogP contribution in [-0.4, -0.2) is 54.6 Å². The van der Waals surface area contributed by atoms with Crippen molar-refractivity contribution in [2.75, 3.05) is 33.2 Å². The van der Waals surface area contributed by atoms with Crippen molar-refractivity contribution >= 4 is 0 Å². The first-order chi connectivity index (χ1) is 6.63. The molecule has 0 aromatic heterocycles. The molecule has 3 nitrogen and oxygen atoms in total. The standard InChI is InChI=1S/C11H23N3/c1-3-10-8-14(7-6-13(10)2)9-11(12)4-5-11/h10H,3-9,12H2,1-2H3. The summed E-state index contributed by atoms with van der Waals surface area (Å²) < 4.78 is 0. The average molecular weight is 197 g/mol. The van der Waals surface area contributed by atoms with Crippen molar-refractivity contribution < 1.29 is 0 Å². The zero-order valence-corrected chi connectivity index (χ0v) is 9.50. The summed E-state index contributed by atoms with van der Waals surface area (Å²) in [6, 6.07) is 0.742. The number of hydrogen-bond donors (Lipinski definition) is 1. The Balaban J connectivity index is 1.83. The third-order valence-corrected chi connectivity index (χ3v) is 3.76. The van der Waals surface area contributed by atoms with Gasteiger partial charge in [-0.05, 0) is 26.3 Å². The lowest BCUT2D eigenvalue weighted by Gasteiger charge is -2.40. The molecule has 0 radical (unpaired) electrons. The smallest absolute Gasteiger partial charge is 0.0284 e. The molecule has 82 valence electrons. The zero-order chi connectivity index (χ0) is 10.2. The van der Waals surface area contributed by atoms with Gasteiger partial charge < -0.3 is 10.6 Å². The van der Waals surface area contributed by atoms with E-state index in [-0.39, 0.29) is 5.54 Å². The molecular weight excluding hydrogens is 174 g/mol. The summed E-state index contributed by atoms with van der Waals surface area (Å²) in [4.78, 5) is 5.04. The molecule has 1 saturated heterocycles. The molecule has 0 aromatic carbocycles. The Morgan fingerprint density at radius 1 is 1.36 bits per heavy atom. The summed E-state index contributed by atoms with van der Waals surface area (Å²) in [6.45, 7) is 7.02. The molecule has 0 spiro atoms. The van der Waals surface area contributed by atoms with Crippen LogP contribution in [-0.2, 0) is 0 Å². The van der Waals surface area contributed by atoms with E-state index in [1.54, 1.807) is 0 Å². The number of likely N-dealkylation sites (N-methyl/N-ethyl adjacent to an activating group) is 1. The van der Waals surface area contributed by atoms with Crippen molar-refractivity contribution in [1.82, 2.24) is 9.80 Å². The Hall–Kier alpha value is -0.120. The Bertz CT molecular complexity index is 201. The summed E-state index contributed by atoms with van der Waals surface area (Å²) in [5.74, 6) is 0. The lowest BCUT2D eigenvalue weighted by atomic mass is 10.1. The van der Waals surface area contributed by atoms with Crippen LogP contribution in [0.5, 0.6) is 0 Å². The second-order valence-electron chi connectivity index (χ2n) is 5.14. The minimum absolute atomic E-state index is 0.189. The molecule has 1 atom stereocenters. The maximum absolute atomic E-state index is 6.14. The van der Waals surface area contributed by atoms with E-state index >= 15 is 0 Å². The van der Waals surface area contributed by atoms with Crippen LogP contribution in [0.1, 0.15) is 26.2 Å². The third kappa shape index (κ3) is 2.27. The number of nitrogens with zero attached hydrogens (tertiary/aromatic N) is 2. The van der Waals surface area contributed by atoms with Crippen LogP contribution in [0.15, 0.2) is 0 Å². The van der Waals surface area contributed by atoms with Gasteiger partial charge in [-0.3, -0.25) is 4.90 Å². The van der Waals surface area contributed by atoms with Crippen molar-refractivity contribution in [3.05, 3.63) is 0 Å². The fourth-order valence-corrected chi connectivity index (χ4v) is 2.36. The van der Waals surface area contributed by atoms with Gasteiger partial charge in [-0.15, -0.1) is 0 Å². The maximum atomic E-state index is 6.14. The highest BCUT2D eigenvalue weighted by molar-refractivity contribution is 5.01.